The highest BCUT2D eigenvalue weighted by atomic mass is 16.3. The fraction of sp³-hybridized carbons (Fsp3) is 0.947. The lowest BCUT2D eigenvalue weighted by atomic mass is 9.75. The van der Waals surface area contributed by atoms with Crippen molar-refractivity contribution in [2.24, 2.45) is 11.8 Å². The Balaban J connectivity index is 1.65. The van der Waals surface area contributed by atoms with Crippen molar-refractivity contribution in [3.63, 3.8) is 0 Å². The van der Waals surface area contributed by atoms with Crippen LogP contribution < -0.4 is 10.6 Å². The van der Waals surface area contributed by atoms with Crippen molar-refractivity contribution in [1.29, 1.82) is 0 Å². The van der Waals surface area contributed by atoms with Crippen LogP contribution in [-0.4, -0.2) is 35.7 Å². The first-order chi connectivity index (χ1) is 11.3. The van der Waals surface area contributed by atoms with E-state index in [1.165, 1.54) is 38.5 Å². The van der Waals surface area contributed by atoms with Crippen molar-refractivity contribution in [3.05, 3.63) is 0 Å². The van der Waals surface area contributed by atoms with Gasteiger partial charge in [0, 0.05) is 0 Å². The molecule has 3 rings (SSSR count). The van der Waals surface area contributed by atoms with Crippen LogP contribution in [0.1, 0.15) is 77.0 Å². The summed E-state index contributed by atoms with van der Waals surface area (Å²) in [6.07, 6.45) is 13.8. The van der Waals surface area contributed by atoms with Crippen molar-refractivity contribution in [2.45, 2.75) is 95.2 Å². The van der Waals surface area contributed by atoms with Crippen LogP contribution in [0.2, 0.25) is 0 Å². The fourth-order valence-corrected chi connectivity index (χ4v) is 4.92. The summed E-state index contributed by atoms with van der Waals surface area (Å²) in [6.45, 7) is 0.942. The van der Waals surface area contributed by atoms with Gasteiger partial charge in [-0.05, 0) is 56.9 Å². The van der Waals surface area contributed by atoms with Crippen LogP contribution in [-0.2, 0) is 4.79 Å². The first kappa shape index (κ1) is 17.2. The number of hydrogen-bond acceptors (Lipinski definition) is 3. The Morgan fingerprint density at radius 2 is 1.48 bits per heavy atom. The molecule has 3 fully saturated rings. The van der Waals surface area contributed by atoms with E-state index in [2.05, 4.69) is 10.6 Å². The number of rotatable bonds is 5. The van der Waals surface area contributed by atoms with Crippen LogP contribution in [0.5, 0.6) is 0 Å². The van der Waals surface area contributed by atoms with Crippen molar-refractivity contribution in [2.75, 3.05) is 6.54 Å². The van der Waals surface area contributed by atoms with Gasteiger partial charge in [-0.15, -0.1) is 0 Å². The summed E-state index contributed by atoms with van der Waals surface area (Å²) in [7, 11) is 0. The van der Waals surface area contributed by atoms with Gasteiger partial charge >= 0.3 is 0 Å². The van der Waals surface area contributed by atoms with Gasteiger partial charge in [0.05, 0.1) is 18.2 Å². The molecule has 4 nitrogen and oxygen atoms in total. The highest BCUT2D eigenvalue weighted by Crippen LogP contribution is 2.34. The normalized spacial score (nSPS) is 30.0. The Morgan fingerprint density at radius 3 is 2.04 bits per heavy atom. The first-order valence-corrected chi connectivity index (χ1v) is 9.97. The Bertz CT molecular complexity index is 370. The molecule has 0 spiro atoms. The van der Waals surface area contributed by atoms with Gasteiger partial charge in [-0.2, -0.15) is 0 Å². The minimum Gasteiger partial charge on any atom is -0.391 e. The van der Waals surface area contributed by atoms with Gasteiger partial charge in [-0.25, -0.2) is 0 Å². The molecular weight excluding hydrogens is 288 g/mol. The zero-order valence-electron chi connectivity index (χ0n) is 14.4. The third-order valence-electron chi connectivity index (χ3n) is 6.34. The molecule has 0 unspecified atom stereocenters. The number of carbonyl (C=O) groups excluding carboxylic acids is 1. The largest absolute Gasteiger partial charge is 0.391 e. The summed E-state index contributed by atoms with van der Waals surface area (Å²) in [5.41, 5.74) is 0. The van der Waals surface area contributed by atoms with E-state index in [1.54, 1.807) is 0 Å². The van der Waals surface area contributed by atoms with Crippen LogP contribution in [0.3, 0.4) is 0 Å². The highest BCUT2D eigenvalue weighted by Gasteiger charge is 2.37. The molecule has 1 aliphatic heterocycles. The molecule has 0 bridgehead atoms. The zero-order chi connectivity index (χ0) is 16.1. The number of amides is 1. The highest BCUT2D eigenvalue weighted by molar-refractivity contribution is 5.82. The fourth-order valence-electron chi connectivity index (χ4n) is 4.92. The molecule has 2 aliphatic carbocycles. The van der Waals surface area contributed by atoms with E-state index in [1.807, 2.05) is 0 Å². The van der Waals surface area contributed by atoms with Gasteiger partial charge in [-0.1, -0.05) is 38.5 Å². The molecule has 0 radical (unpaired) electrons. The Labute approximate surface area is 140 Å². The van der Waals surface area contributed by atoms with E-state index >= 15 is 0 Å². The molecule has 0 aromatic carbocycles. The van der Waals surface area contributed by atoms with Crippen LogP contribution in [0, 0.1) is 11.8 Å². The van der Waals surface area contributed by atoms with E-state index in [0.717, 1.165) is 45.1 Å². The Morgan fingerprint density at radius 1 is 0.870 bits per heavy atom. The van der Waals surface area contributed by atoms with Gasteiger partial charge in [0.15, 0.2) is 0 Å². The minimum atomic E-state index is -0.358. The maximum atomic E-state index is 12.6. The summed E-state index contributed by atoms with van der Waals surface area (Å²) >= 11 is 0. The molecule has 3 N–H and O–H groups in total. The third kappa shape index (κ3) is 4.48. The van der Waals surface area contributed by atoms with Gasteiger partial charge in [-0.3, -0.25) is 4.79 Å². The van der Waals surface area contributed by atoms with Crippen molar-refractivity contribution in [1.82, 2.24) is 10.6 Å². The van der Waals surface area contributed by atoms with Crippen molar-refractivity contribution in [3.8, 4) is 0 Å². The molecule has 132 valence electrons. The third-order valence-corrected chi connectivity index (χ3v) is 6.34. The van der Waals surface area contributed by atoms with E-state index in [9.17, 15) is 9.90 Å². The summed E-state index contributed by atoms with van der Waals surface area (Å²) in [4.78, 5) is 12.6. The molecule has 1 heterocycles. The molecule has 1 saturated heterocycles. The van der Waals surface area contributed by atoms with Gasteiger partial charge in [0.2, 0.25) is 5.91 Å². The van der Waals surface area contributed by atoms with Gasteiger partial charge in [0.25, 0.3) is 0 Å². The van der Waals surface area contributed by atoms with Gasteiger partial charge in [0.1, 0.15) is 0 Å². The van der Waals surface area contributed by atoms with Crippen molar-refractivity contribution < 1.29 is 9.90 Å². The van der Waals surface area contributed by atoms with E-state index < -0.39 is 0 Å². The smallest absolute Gasteiger partial charge is 0.237 e. The van der Waals surface area contributed by atoms with Crippen LogP contribution in [0.25, 0.3) is 0 Å². The second-order valence-corrected chi connectivity index (χ2v) is 7.97. The van der Waals surface area contributed by atoms with E-state index in [-0.39, 0.29) is 24.1 Å². The zero-order valence-corrected chi connectivity index (χ0v) is 14.4. The quantitative estimate of drug-likeness (QED) is 0.729. The summed E-state index contributed by atoms with van der Waals surface area (Å²) in [5.74, 6) is 0.964. The van der Waals surface area contributed by atoms with Crippen LogP contribution in [0.4, 0.5) is 0 Å². The van der Waals surface area contributed by atoms with Crippen molar-refractivity contribution >= 4 is 5.91 Å². The predicted octanol–water partition coefficient (Wildman–Crippen LogP) is 2.74. The number of hydrogen-bond donors (Lipinski definition) is 3. The average Bonchev–Trinajstić information content (AvgIpc) is 3.15. The van der Waals surface area contributed by atoms with E-state index in [4.69, 9.17) is 0 Å². The molecule has 4 heteroatoms. The minimum absolute atomic E-state index is 0.0340. The molecule has 1 amide bonds. The second-order valence-electron chi connectivity index (χ2n) is 7.97. The summed E-state index contributed by atoms with van der Waals surface area (Å²) in [5, 5.41) is 17.6. The lowest BCUT2D eigenvalue weighted by molar-refractivity contribution is -0.125. The number of aliphatic hydroxyl groups excluding tert-OH is 1. The number of aliphatic hydroxyl groups is 1. The molecule has 0 aromatic heterocycles. The standard InChI is InChI=1S/C19H34N2O2/c22-18(15-10-5-2-6-11-15)17(14-8-3-1-4-9-14)21-19(23)16-12-7-13-20-16/h14-18,20,22H,1-13H2,(H,21,23)/t16-,17+,18-/m0/s1. The Hall–Kier alpha value is -0.610. The predicted molar refractivity (Wildman–Crippen MR) is 92.1 cm³/mol. The first-order valence-electron chi connectivity index (χ1n) is 9.97. The maximum Gasteiger partial charge on any atom is 0.237 e. The lowest BCUT2D eigenvalue weighted by Crippen LogP contribution is -2.55. The molecule has 3 atom stereocenters. The monoisotopic (exact) mass is 322 g/mol. The lowest BCUT2D eigenvalue weighted by Gasteiger charge is -2.39. The molecule has 3 aliphatic rings. The number of carbonyl (C=O) groups is 1. The molecule has 23 heavy (non-hydrogen) atoms. The van der Waals surface area contributed by atoms with Crippen LogP contribution in [0.15, 0.2) is 0 Å². The topological polar surface area (TPSA) is 61.4 Å². The van der Waals surface area contributed by atoms with Gasteiger partial charge < -0.3 is 15.7 Å². The average molecular weight is 322 g/mol. The summed E-state index contributed by atoms with van der Waals surface area (Å²) < 4.78 is 0. The number of nitrogens with one attached hydrogen (secondary N) is 2. The molecular formula is C19H34N2O2. The Kier molecular flexibility index (Phi) is 6.35. The van der Waals surface area contributed by atoms with Crippen LogP contribution >= 0.6 is 0 Å². The molecule has 2 saturated carbocycles. The van der Waals surface area contributed by atoms with E-state index in [0.29, 0.717) is 11.8 Å². The summed E-state index contributed by atoms with van der Waals surface area (Å²) in [6, 6.07) is -0.0760. The maximum absolute atomic E-state index is 12.6. The molecule has 0 aromatic rings. The SMILES string of the molecule is O=C(N[C@H](C1CCCCC1)[C@@H](O)C1CCCCC1)[C@@H]1CCCN1. The second kappa shape index (κ2) is 8.48.